The van der Waals surface area contributed by atoms with Gasteiger partial charge in [0.15, 0.2) is 11.6 Å². The van der Waals surface area contributed by atoms with E-state index in [1.165, 1.54) is 25.3 Å². The Morgan fingerprint density at radius 1 is 0.905 bits per heavy atom. The number of nitrogens with one attached hydrogen (secondary N) is 1. The summed E-state index contributed by atoms with van der Waals surface area (Å²) in [6.07, 6.45) is 1.98. The molecule has 0 radical (unpaired) electrons. The summed E-state index contributed by atoms with van der Waals surface area (Å²) >= 11 is 0. The van der Waals surface area contributed by atoms with Crippen LogP contribution in [0.25, 0.3) is 5.57 Å². The monoisotopic (exact) mass is 558 g/mol. The molecular weight excluding hydrogens is 531 g/mol. The average Bonchev–Trinajstić information content (AvgIpc) is 3.49. The minimum Gasteiger partial charge on any atom is -0.497 e. The average molecular weight is 559 g/mol. The van der Waals surface area contributed by atoms with Crippen molar-refractivity contribution >= 4 is 34.4 Å². The number of ether oxygens (including phenoxy) is 1. The van der Waals surface area contributed by atoms with Crippen molar-refractivity contribution in [1.82, 2.24) is 0 Å². The lowest BCUT2D eigenvalue weighted by atomic mass is 9.64. The molecule has 42 heavy (non-hydrogen) atoms. The first kappa shape index (κ1) is 25.9. The first-order valence-corrected chi connectivity index (χ1v) is 13.8. The molecule has 1 fully saturated rings. The number of rotatable bonds is 5. The van der Waals surface area contributed by atoms with E-state index in [2.05, 4.69) is 5.32 Å². The highest BCUT2D eigenvalue weighted by molar-refractivity contribution is 6.18. The van der Waals surface area contributed by atoms with E-state index in [4.69, 9.17) is 4.74 Å². The van der Waals surface area contributed by atoms with Crippen molar-refractivity contribution in [1.29, 1.82) is 0 Å². The standard InChI is InChI=1S/C35H27FN2O4/c1-20-18-29-35(25-14-5-7-16-27(25)37-34(35)41)30(33(40)24-13-3-6-15-26(24)36)31(38(29)28-17-8-4-12-23(20)28)32(39)21-10-9-11-22(19-21)42-2/h3-19,29-31H,1-2H3,(H,37,41)/t29-,30+,31+,35-/m1/s1. The fraction of sp³-hybridized carbons (Fsp3) is 0.171. The molecule has 6 nitrogen and oxygen atoms in total. The second-order valence-electron chi connectivity index (χ2n) is 11.0. The highest BCUT2D eigenvalue weighted by Crippen LogP contribution is 2.59. The van der Waals surface area contributed by atoms with E-state index in [9.17, 15) is 14.4 Å². The lowest BCUT2D eigenvalue weighted by Crippen LogP contribution is -2.51. The smallest absolute Gasteiger partial charge is 0.238 e. The van der Waals surface area contributed by atoms with Crippen LogP contribution in [0.3, 0.4) is 0 Å². The fourth-order valence-electron chi connectivity index (χ4n) is 7.16. The van der Waals surface area contributed by atoms with Gasteiger partial charge < -0.3 is 15.0 Å². The van der Waals surface area contributed by atoms with Gasteiger partial charge in [0.2, 0.25) is 5.91 Å². The Morgan fingerprint density at radius 2 is 1.64 bits per heavy atom. The number of anilines is 2. The summed E-state index contributed by atoms with van der Waals surface area (Å²) < 4.78 is 20.7. The van der Waals surface area contributed by atoms with E-state index in [0.717, 1.165) is 16.8 Å². The number of ketones is 2. The molecule has 0 aliphatic carbocycles. The number of para-hydroxylation sites is 2. The topological polar surface area (TPSA) is 75.7 Å². The summed E-state index contributed by atoms with van der Waals surface area (Å²) in [7, 11) is 1.52. The maximum Gasteiger partial charge on any atom is 0.238 e. The fourth-order valence-corrected chi connectivity index (χ4v) is 7.16. The molecule has 208 valence electrons. The molecule has 1 N–H and O–H groups in total. The van der Waals surface area contributed by atoms with Crippen molar-refractivity contribution in [2.75, 3.05) is 17.3 Å². The Morgan fingerprint density at radius 3 is 2.45 bits per heavy atom. The lowest BCUT2D eigenvalue weighted by molar-refractivity contribution is -0.121. The molecule has 0 aromatic heterocycles. The number of methoxy groups -OCH3 is 1. The molecule has 1 amide bonds. The van der Waals surface area contributed by atoms with Crippen LogP contribution in [0, 0.1) is 11.7 Å². The molecule has 3 aliphatic heterocycles. The van der Waals surface area contributed by atoms with Crippen LogP contribution in [-0.2, 0) is 10.2 Å². The third-order valence-corrected chi connectivity index (χ3v) is 8.93. The van der Waals surface area contributed by atoms with Gasteiger partial charge in [-0.05, 0) is 54.5 Å². The van der Waals surface area contributed by atoms with Gasteiger partial charge in [0.05, 0.1) is 24.6 Å². The Labute approximate surface area is 242 Å². The zero-order valence-corrected chi connectivity index (χ0v) is 23.0. The summed E-state index contributed by atoms with van der Waals surface area (Å²) in [5.41, 5.74) is 2.42. The summed E-state index contributed by atoms with van der Waals surface area (Å²) in [5.74, 6) is -2.81. The molecule has 4 aromatic rings. The van der Waals surface area contributed by atoms with Crippen LogP contribution in [0.4, 0.5) is 15.8 Å². The Kier molecular flexibility index (Phi) is 5.87. The molecule has 1 saturated heterocycles. The van der Waals surface area contributed by atoms with Crippen molar-refractivity contribution in [3.63, 3.8) is 0 Å². The largest absolute Gasteiger partial charge is 0.497 e. The Bertz CT molecular complexity index is 1830. The second-order valence-corrected chi connectivity index (χ2v) is 11.0. The second kappa shape index (κ2) is 9.52. The zero-order valence-electron chi connectivity index (χ0n) is 23.0. The number of hydrogen-bond donors (Lipinski definition) is 1. The van der Waals surface area contributed by atoms with Gasteiger partial charge in [0.25, 0.3) is 0 Å². The first-order chi connectivity index (χ1) is 20.4. The number of hydrogen-bond acceptors (Lipinski definition) is 5. The maximum absolute atomic E-state index is 15.3. The SMILES string of the molecule is COc1cccc(C(=O)[C@@H]2[C@@H](C(=O)c3ccccc3F)[C@]3(C(=O)Nc4ccccc43)[C@H]3C=C(C)c4ccccc4N23)c1. The van der Waals surface area contributed by atoms with E-state index >= 15 is 4.39 Å². The van der Waals surface area contributed by atoms with Crippen molar-refractivity contribution < 1.29 is 23.5 Å². The van der Waals surface area contributed by atoms with Crippen LogP contribution in [0.15, 0.2) is 103 Å². The number of amides is 1. The maximum atomic E-state index is 15.3. The number of fused-ring (bicyclic) bond motifs is 6. The van der Waals surface area contributed by atoms with Gasteiger partial charge in [0.1, 0.15) is 23.0 Å². The third kappa shape index (κ3) is 3.46. The molecule has 0 bridgehead atoms. The van der Waals surface area contributed by atoms with Crippen LogP contribution < -0.4 is 15.0 Å². The van der Waals surface area contributed by atoms with Gasteiger partial charge in [-0.3, -0.25) is 14.4 Å². The molecule has 4 aromatic carbocycles. The normalized spacial score (nSPS) is 23.5. The summed E-state index contributed by atoms with van der Waals surface area (Å²) in [5, 5.41) is 3.00. The van der Waals surface area contributed by atoms with Crippen molar-refractivity contribution in [2.24, 2.45) is 5.92 Å². The highest BCUT2D eigenvalue weighted by Gasteiger charge is 2.70. The third-order valence-electron chi connectivity index (χ3n) is 8.93. The van der Waals surface area contributed by atoms with Gasteiger partial charge in [0, 0.05) is 22.5 Å². The first-order valence-electron chi connectivity index (χ1n) is 13.8. The van der Waals surface area contributed by atoms with E-state index in [-0.39, 0.29) is 11.3 Å². The van der Waals surface area contributed by atoms with Gasteiger partial charge in [-0.25, -0.2) is 4.39 Å². The molecule has 4 atom stereocenters. The highest BCUT2D eigenvalue weighted by atomic mass is 19.1. The molecule has 3 aliphatic rings. The molecule has 7 rings (SSSR count). The van der Waals surface area contributed by atoms with E-state index in [1.807, 2.05) is 60.4 Å². The van der Waals surface area contributed by atoms with Crippen LogP contribution in [0.2, 0.25) is 0 Å². The van der Waals surface area contributed by atoms with Crippen molar-refractivity contribution in [3.05, 3.63) is 131 Å². The minimum absolute atomic E-state index is 0.156. The summed E-state index contributed by atoms with van der Waals surface area (Å²) in [6, 6.07) is 25.6. The zero-order chi connectivity index (χ0) is 29.2. The number of halogens is 1. The predicted octanol–water partition coefficient (Wildman–Crippen LogP) is 6.08. The molecule has 7 heteroatoms. The van der Waals surface area contributed by atoms with Gasteiger partial charge >= 0.3 is 0 Å². The number of carbonyl (C=O) groups is 3. The Balaban J connectivity index is 1.56. The van der Waals surface area contributed by atoms with Crippen LogP contribution >= 0.6 is 0 Å². The predicted molar refractivity (Wildman–Crippen MR) is 158 cm³/mol. The number of benzene rings is 4. The quantitative estimate of drug-likeness (QED) is 0.301. The van der Waals surface area contributed by atoms with Gasteiger partial charge in [-0.2, -0.15) is 0 Å². The number of nitrogens with zero attached hydrogens (tertiary/aromatic N) is 1. The number of allylic oxidation sites excluding steroid dienone is 1. The van der Waals surface area contributed by atoms with Crippen LogP contribution in [0.5, 0.6) is 5.75 Å². The van der Waals surface area contributed by atoms with E-state index in [1.54, 1.807) is 36.4 Å². The van der Waals surface area contributed by atoms with Crippen molar-refractivity contribution in [3.8, 4) is 5.75 Å². The number of carbonyl (C=O) groups excluding carboxylic acids is 3. The molecule has 1 spiro atoms. The summed E-state index contributed by atoms with van der Waals surface area (Å²) in [6.45, 7) is 1.97. The molecule has 0 unspecified atom stereocenters. The Hall–Kier alpha value is -5.04. The van der Waals surface area contributed by atoms with Gasteiger partial charge in [-0.1, -0.05) is 66.7 Å². The molecular formula is C35H27FN2O4. The molecule has 3 heterocycles. The lowest BCUT2D eigenvalue weighted by Gasteiger charge is -2.39. The van der Waals surface area contributed by atoms with Gasteiger partial charge in [-0.15, -0.1) is 0 Å². The summed E-state index contributed by atoms with van der Waals surface area (Å²) in [4.78, 5) is 45.8. The number of Topliss-reactive ketones (excluding diaryl/α,β-unsaturated/α-hetero) is 2. The van der Waals surface area contributed by atoms with Crippen molar-refractivity contribution in [2.45, 2.75) is 24.4 Å². The minimum atomic E-state index is -1.51. The molecule has 0 saturated carbocycles. The van der Waals surface area contributed by atoms with Crippen LogP contribution in [-0.4, -0.2) is 36.7 Å². The van der Waals surface area contributed by atoms with Crippen LogP contribution in [0.1, 0.15) is 38.8 Å². The van der Waals surface area contributed by atoms with E-state index in [0.29, 0.717) is 22.6 Å². The van der Waals surface area contributed by atoms with E-state index < -0.39 is 40.9 Å².